The number of halogens is 3. The molecule has 238 valence electrons. The number of alkyl halides is 3. The molecule has 4 heterocycles. The van der Waals surface area contributed by atoms with Crippen LogP contribution in [-0.2, 0) is 28.5 Å². The largest absolute Gasteiger partial charge is 0.493 e. The van der Waals surface area contributed by atoms with E-state index in [1.54, 1.807) is 21.4 Å². The van der Waals surface area contributed by atoms with Gasteiger partial charge in [-0.15, -0.1) is 0 Å². The number of aryl methyl sites for hydroxylation is 1. The number of nitrogens with zero attached hydrogens (tertiary/aromatic N) is 4. The molecule has 0 radical (unpaired) electrons. The molecule has 12 heteroatoms. The maximum Gasteiger partial charge on any atom is 0.416 e. The number of fused-ring (bicyclic) bond motifs is 3. The highest BCUT2D eigenvalue weighted by Gasteiger charge is 2.37. The van der Waals surface area contributed by atoms with Crippen LogP contribution in [0.2, 0.25) is 0 Å². The molecule has 9 nitrogen and oxygen atoms in total. The molecule has 0 spiro atoms. The van der Waals surface area contributed by atoms with E-state index < -0.39 is 17.8 Å². The lowest BCUT2D eigenvalue weighted by Gasteiger charge is -2.36. The van der Waals surface area contributed by atoms with Crippen LogP contribution in [0.1, 0.15) is 41.0 Å². The summed E-state index contributed by atoms with van der Waals surface area (Å²) in [4.78, 5) is 22.5. The van der Waals surface area contributed by atoms with Crippen molar-refractivity contribution in [3.8, 4) is 17.2 Å². The number of carbonyl (C=O) groups excluding carboxylic acids is 1. The highest BCUT2D eigenvalue weighted by molar-refractivity contribution is 5.79. The first-order valence-corrected chi connectivity index (χ1v) is 14.9. The SMILES string of the molecule is CCc1cc(N2CCOCC2)ccc1OCC(=O)N1CCc2nc3cc(C(F)(F)F)ccn3c2C1c1ccc(OC)c(OC)c1. The summed E-state index contributed by atoms with van der Waals surface area (Å²) >= 11 is 0. The minimum absolute atomic E-state index is 0.166. The lowest BCUT2D eigenvalue weighted by Crippen LogP contribution is -2.43. The number of rotatable bonds is 8. The van der Waals surface area contributed by atoms with Crippen molar-refractivity contribution in [2.24, 2.45) is 0 Å². The first-order chi connectivity index (χ1) is 21.7. The van der Waals surface area contributed by atoms with E-state index in [9.17, 15) is 18.0 Å². The van der Waals surface area contributed by atoms with Gasteiger partial charge in [0.15, 0.2) is 18.1 Å². The van der Waals surface area contributed by atoms with Gasteiger partial charge in [0.2, 0.25) is 0 Å². The Hall–Kier alpha value is -4.45. The van der Waals surface area contributed by atoms with Gasteiger partial charge >= 0.3 is 6.18 Å². The summed E-state index contributed by atoms with van der Waals surface area (Å²) in [6.07, 6.45) is -2.03. The zero-order chi connectivity index (χ0) is 31.7. The average Bonchev–Trinajstić information content (AvgIpc) is 3.44. The van der Waals surface area contributed by atoms with Gasteiger partial charge in [-0.05, 0) is 60.0 Å². The number of pyridine rings is 1. The van der Waals surface area contributed by atoms with Gasteiger partial charge in [0.05, 0.1) is 50.4 Å². The van der Waals surface area contributed by atoms with Gasteiger partial charge in [0.25, 0.3) is 5.91 Å². The summed E-state index contributed by atoms with van der Waals surface area (Å²) in [6, 6.07) is 12.7. The van der Waals surface area contributed by atoms with Crippen LogP contribution in [0.15, 0.2) is 54.7 Å². The summed E-state index contributed by atoms with van der Waals surface area (Å²) in [6.45, 7) is 5.14. The van der Waals surface area contributed by atoms with Crippen LogP contribution in [0.4, 0.5) is 18.9 Å². The number of hydrogen-bond donors (Lipinski definition) is 0. The zero-order valence-corrected chi connectivity index (χ0v) is 25.4. The smallest absolute Gasteiger partial charge is 0.416 e. The van der Waals surface area contributed by atoms with E-state index in [1.165, 1.54) is 20.4 Å². The summed E-state index contributed by atoms with van der Waals surface area (Å²) in [5, 5.41) is 0. The number of hydrogen-bond acceptors (Lipinski definition) is 7. The van der Waals surface area contributed by atoms with Crippen molar-refractivity contribution in [1.82, 2.24) is 14.3 Å². The molecule has 2 aliphatic rings. The monoisotopic (exact) mass is 624 g/mol. The Morgan fingerprint density at radius 3 is 2.44 bits per heavy atom. The van der Waals surface area contributed by atoms with Crippen LogP contribution in [-0.4, -0.2) is 73.9 Å². The van der Waals surface area contributed by atoms with E-state index in [-0.39, 0.29) is 18.2 Å². The number of morpholine rings is 1. The molecule has 45 heavy (non-hydrogen) atoms. The van der Waals surface area contributed by atoms with E-state index in [0.717, 1.165) is 42.9 Å². The Labute approximate surface area is 259 Å². The molecule has 1 amide bonds. The molecule has 2 aromatic heterocycles. The first kappa shape index (κ1) is 30.6. The Morgan fingerprint density at radius 1 is 0.978 bits per heavy atom. The Morgan fingerprint density at radius 2 is 1.73 bits per heavy atom. The van der Waals surface area contributed by atoms with E-state index >= 15 is 0 Å². The highest BCUT2D eigenvalue weighted by Crippen LogP contribution is 2.40. The van der Waals surface area contributed by atoms with Gasteiger partial charge in [0, 0.05) is 37.9 Å². The molecule has 4 aromatic rings. The predicted octanol–water partition coefficient (Wildman–Crippen LogP) is 5.32. The van der Waals surface area contributed by atoms with Crippen molar-refractivity contribution in [2.75, 3.05) is 58.6 Å². The van der Waals surface area contributed by atoms with E-state index in [1.807, 2.05) is 25.1 Å². The number of imidazole rings is 1. The van der Waals surface area contributed by atoms with E-state index in [2.05, 4.69) is 16.0 Å². The average molecular weight is 625 g/mol. The van der Waals surface area contributed by atoms with Crippen molar-refractivity contribution >= 4 is 17.2 Å². The van der Waals surface area contributed by atoms with E-state index in [0.29, 0.717) is 60.4 Å². The Balaban J connectivity index is 1.33. The van der Waals surface area contributed by atoms with Crippen molar-refractivity contribution in [1.29, 1.82) is 0 Å². The van der Waals surface area contributed by atoms with Crippen LogP contribution in [0.25, 0.3) is 5.65 Å². The van der Waals surface area contributed by atoms with Gasteiger partial charge in [-0.25, -0.2) is 4.98 Å². The predicted molar refractivity (Wildman–Crippen MR) is 161 cm³/mol. The van der Waals surface area contributed by atoms with Crippen molar-refractivity contribution < 1.29 is 36.9 Å². The number of amides is 1. The van der Waals surface area contributed by atoms with E-state index in [4.69, 9.17) is 18.9 Å². The van der Waals surface area contributed by atoms with Crippen LogP contribution in [0.5, 0.6) is 17.2 Å². The van der Waals surface area contributed by atoms with Gasteiger partial charge in [-0.1, -0.05) is 13.0 Å². The summed E-state index contributed by atoms with van der Waals surface area (Å²) < 4.78 is 64.8. The molecule has 6 rings (SSSR count). The van der Waals surface area contributed by atoms with Crippen LogP contribution >= 0.6 is 0 Å². The molecule has 1 unspecified atom stereocenters. The molecule has 0 bridgehead atoms. The number of ether oxygens (including phenoxy) is 4. The first-order valence-electron chi connectivity index (χ1n) is 14.9. The van der Waals surface area contributed by atoms with Crippen molar-refractivity contribution in [3.63, 3.8) is 0 Å². The van der Waals surface area contributed by atoms with Crippen molar-refractivity contribution in [2.45, 2.75) is 32.0 Å². The lowest BCUT2D eigenvalue weighted by molar-refractivity contribution is -0.137. The molecule has 2 aliphatic heterocycles. The molecule has 0 N–H and O–H groups in total. The molecule has 1 saturated heterocycles. The van der Waals surface area contributed by atoms with Gasteiger partial charge in [-0.3, -0.25) is 4.79 Å². The molecule has 2 aromatic carbocycles. The third kappa shape index (κ3) is 5.98. The third-order valence-electron chi connectivity index (χ3n) is 8.42. The fraction of sp³-hybridized carbons (Fsp3) is 0.394. The highest BCUT2D eigenvalue weighted by atomic mass is 19.4. The van der Waals surface area contributed by atoms with Crippen LogP contribution in [0.3, 0.4) is 0 Å². The minimum Gasteiger partial charge on any atom is -0.493 e. The number of aromatic nitrogens is 2. The second kappa shape index (κ2) is 12.5. The summed E-state index contributed by atoms with van der Waals surface area (Å²) in [5.41, 5.74) is 3.42. The number of methoxy groups -OCH3 is 2. The second-order valence-corrected chi connectivity index (χ2v) is 11.0. The number of anilines is 1. The topological polar surface area (TPSA) is 77.8 Å². The summed E-state index contributed by atoms with van der Waals surface area (Å²) in [7, 11) is 3.05. The standard InChI is InChI=1S/C33H35F3N4O5/c1-4-21-17-24(38-13-15-44-16-14-38)6-8-26(21)45-20-30(41)40-12-10-25-32(31(40)22-5-7-27(42-2)28(18-22)43-3)39-11-9-23(33(34,35)36)19-29(39)37-25/h5-9,11,17-19,31H,4,10,12-16,20H2,1-3H3. The molecule has 1 atom stereocenters. The third-order valence-corrected chi connectivity index (χ3v) is 8.42. The maximum absolute atomic E-state index is 13.9. The van der Waals surface area contributed by atoms with Crippen LogP contribution in [0, 0.1) is 0 Å². The number of carbonyl (C=O) groups is 1. The molecule has 0 saturated carbocycles. The second-order valence-electron chi connectivity index (χ2n) is 11.0. The normalized spacial score (nSPS) is 16.9. The zero-order valence-electron chi connectivity index (χ0n) is 25.4. The van der Waals surface area contributed by atoms with Gasteiger partial charge in [-0.2, -0.15) is 13.2 Å². The fourth-order valence-electron chi connectivity index (χ4n) is 6.12. The number of benzene rings is 2. The van der Waals surface area contributed by atoms with Crippen LogP contribution < -0.4 is 19.1 Å². The molecule has 1 fully saturated rings. The Kier molecular flexibility index (Phi) is 8.50. The minimum atomic E-state index is -4.51. The van der Waals surface area contributed by atoms with Gasteiger partial charge < -0.3 is 33.1 Å². The quantitative estimate of drug-likeness (QED) is 0.263. The van der Waals surface area contributed by atoms with Crippen molar-refractivity contribution in [3.05, 3.63) is 82.8 Å². The fourth-order valence-corrected chi connectivity index (χ4v) is 6.12. The lowest BCUT2D eigenvalue weighted by atomic mass is 9.95. The Bertz CT molecular complexity index is 1700. The van der Waals surface area contributed by atoms with Gasteiger partial charge in [0.1, 0.15) is 11.4 Å². The summed E-state index contributed by atoms with van der Waals surface area (Å²) in [5.74, 6) is 1.35. The molecular formula is C33H35F3N4O5. The molecule has 0 aliphatic carbocycles. The maximum atomic E-state index is 13.9. The molecular weight excluding hydrogens is 589 g/mol.